The van der Waals surface area contributed by atoms with Crippen LogP contribution < -0.4 is 9.46 Å². The normalized spacial score (nSPS) is 11.3. The largest absolute Gasteiger partial charge is 0.493 e. The van der Waals surface area contributed by atoms with Crippen molar-refractivity contribution in [3.05, 3.63) is 58.1 Å². The van der Waals surface area contributed by atoms with E-state index < -0.39 is 16.0 Å². The molecule has 2 aromatic rings. The summed E-state index contributed by atoms with van der Waals surface area (Å²) in [6.07, 6.45) is 0.437. The van der Waals surface area contributed by atoms with Crippen molar-refractivity contribution < 1.29 is 23.1 Å². The van der Waals surface area contributed by atoms with E-state index >= 15 is 0 Å². The van der Waals surface area contributed by atoms with Crippen LogP contribution in [-0.4, -0.2) is 32.6 Å². The van der Waals surface area contributed by atoms with Gasteiger partial charge in [-0.3, -0.25) is 0 Å². The fraction of sp³-hybridized carbons (Fsp3) is 0.188. The molecular weight excluding hydrogens is 389 g/mol. The average Bonchev–Trinajstić information content (AvgIpc) is 2.57. The Hall–Kier alpha value is -1.80. The Labute approximate surface area is 155 Å². The summed E-state index contributed by atoms with van der Waals surface area (Å²) >= 11 is 11.7. The zero-order valence-corrected chi connectivity index (χ0v) is 15.2. The Morgan fingerprint density at radius 2 is 1.76 bits per heavy atom. The summed E-state index contributed by atoms with van der Waals surface area (Å²) in [6, 6.07) is 9.84. The van der Waals surface area contributed by atoms with Gasteiger partial charge in [-0.15, -0.1) is 0 Å². The predicted octanol–water partition coefficient (Wildman–Crippen LogP) is 3.44. The SMILES string of the molecule is O=C(O)c1ccc(S(=O)(=O)NCCCOc2ccc(Cl)c(Cl)c2)cc1. The van der Waals surface area contributed by atoms with Gasteiger partial charge in [-0.1, -0.05) is 23.2 Å². The molecule has 0 atom stereocenters. The summed E-state index contributed by atoms with van der Waals surface area (Å²) in [5, 5.41) is 9.62. The number of aromatic carboxylic acids is 1. The summed E-state index contributed by atoms with van der Waals surface area (Å²) in [4.78, 5) is 10.8. The van der Waals surface area contributed by atoms with Crippen molar-refractivity contribution in [1.29, 1.82) is 0 Å². The van der Waals surface area contributed by atoms with Gasteiger partial charge >= 0.3 is 5.97 Å². The van der Waals surface area contributed by atoms with Crippen molar-refractivity contribution in [2.24, 2.45) is 0 Å². The Bertz CT molecular complexity index is 853. The number of carbonyl (C=O) groups is 1. The molecule has 0 aliphatic carbocycles. The summed E-state index contributed by atoms with van der Waals surface area (Å²) in [6.45, 7) is 0.461. The van der Waals surface area contributed by atoms with Crippen LogP contribution in [0.3, 0.4) is 0 Å². The Morgan fingerprint density at radius 3 is 2.36 bits per heavy atom. The van der Waals surface area contributed by atoms with Gasteiger partial charge in [0, 0.05) is 12.6 Å². The van der Waals surface area contributed by atoms with E-state index in [0.29, 0.717) is 28.8 Å². The highest BCUT2D eigenvalue weighted by Gasteiger charge is 2.14. The third kappa shape index (κ3) is 5.61. The van der Waals surface area contributed by atoms with Gasteiger partial charge in [-0.25, -0.2) is 17.9 Å². The van der Waals surface area contributed by atoms with Crippen LogP contribution in [0.15, 0.2) is 47.4 Å². The van der Waals surface area contributed by atoms with Crippen molar-refractivity contribution in [3.8, 4) is 5.75 Å². The van der Waals surface area contributed by atoms with E-state index in [1.165, 1.54) is 24.3 Å². The highest BCUT2D eigenvalue weighted by atomic mass is 35.5. The number of sulfonamides is 1. The maximum atomic E-state index is 12.1. The highest BCUT2D eigenvalue weighted by molar-refractivity contribution is 7.89. The second kappa shape index (κ2) is 8.53. The molecule has 0 heterocycles. The first-order chi connectivity index (χ1) is 11.8. The minimum atomic E-state index is -3.70. The van der Waals surface area contributed by atoms with Crippen molar-refractivity contribution in [1.82, 2.24) is 4.72 Å². The first-order valence-corrected chi connectivity index (χ1v) is 9.44. The smallest absolute Gasteiger partial charge is 0.335 e. The summed E-state index contributed by atoms with van der Waals surface area (Å²) in [7, 11) is -3.70. The maximum absolute atomic E-state index is 12.1. The van der Waals surface area contributed by atoms with Crippen LogP contribution in [0, 0.1) is 0 Å². The van der Waals surface area contributed by atoms with Crippen LogP contribution in [0.4, 0.5) is 0 Å². The zero-order valence-electron chi connectivity index (χ0n) is 12.9. The first-order valence-electron chi connectivity index (χ1n) is 7.20. The van der Waals surface area contributed by atoms with Gasteiger partial charge in [-0.05, 0) is 42.8 Å². The van der Waals surface area contributed by atoms with E-state index in [9.17, 15) is 13.2 Å². The first kappa shape index (κ1) is 19.5. The van der Waals surface area contributed by atoms with Crippen LogP contribution >= 0.6 is 23.2 Å². The van der Waals surface area contributed by atoms with Gasteiger partial charge in [-0.2, -0.15) is 0 Å². The third-order valence-electron chi connectivity index (χ3n) is 3.18. The minimum Gasteiger partial charge on any atom is -0.493 e. The summed E-state index contributed by atoms with van der Waals surface area (Å²) in [5.41, 5.74) is 0.0222. The van der Waals surface area contributed by atoms with Crippen LogP contribution in [0.2, 0.25) is 10.0 Å². The Balaban J connectivity index is 1.81. The van der Waals surface area contributed by atoms with Crippen LogP contribution in [-0.2, 0) is 10.0 Å². The number of hydrogen-bond acceptors (Lipinski definition) is 4. The Kier molecular flexibility index (Phi) is 6.66. The van der Waals surface area contributed by atoms with Crippen molar-refractivity contribution in [2.45, 2.75) is 11.3 Å². The third-order valence-corrected chi connectivity index (χ3v) is 5.40. The molecule has 0 saturated heterocycles. The fourth-order valence-corrected chi connectivity index (χ4v) is 3.26. The van der Waals surface area contributed by atoms with E-state index in [4.69, 9.17) is 33.0 Å². The second-order valence-electron chi connectivity index (χ2n) is 5.01. The van der Waals surface area contributed by atoms with Gasteiger partial charge in [0.2, 0.25) is 10.0 Å². The zero-order chi connectivity index (χ0) is 18.4. The molecule has 0 fully saturated rings. The lowest BCUT2D eigenvalue weighted by atomic mass is 10.2. The molecule has 0 radical (unpaired) electrons. The van der Waals surface area contributed by atoms with Crippen LogP contribution in [0.25, 0.3) is 0 Å². The van der Waals surface area contributed by atoms with Gasteiger partial charge in [0.15, 0.2) is 0 Å². The van der Waals surface area contributed by atoms with E-state index in [0.717, 1.165) is 0 Å². The maximum Gasteiger partial charge on any atom is 0.335 e. The molecule has 2 rings (SSSR count). The molecule has 0 amide bonds. The lowest BCUT2D eigenvalue weighted by Gasteiger charge is -2.09. The van der Waals surface area contributed by atoms with Gasteiger partial charge in [0.25, 0.3) is 0 Å². The number of benzene rings is 2. The number of rotatable bonds is 8. The molecule has 6 nitrogen and oxygen atoms in total. The lowest BCUT2D eigenvalue weighted by molar-refractivity contribution is 0.0696. The number of carboxylic acids is 1. The number of nitrogens with one attached hydrogen (secondary N) is 1. The number of hydrogen-bond donors (Lipinski definition) is 2. The van der Waals surface area contributed by atoms with Gasteiger partial charge in [0.1, 0.15) is 5.75 Å². The topological polar surface area (TPSA) is 92.7 Å². The summed E-state index contributed by atoms with van der Waals surface area (Å²) < 4.78 is 32.1. The quantitative estimate of drug-likeness (QED) is 0.658. The fourth-order valence-electron chi connectivity index (χ4n) is 1.90. The number of carboxylic acid groups (broad SMARTS) is 1. The molecule has 2 aromatic carbocycles. The van der Waals surface area contributed by atoms with Crippen molar-refractivity contribution >= 4 is 39.2 Å². The van der Waals surface area contributed by atoms with E-state index in [2.05, 4.69) is 4.72 Å². The highest BCUT2D eigenvalue weighted by Crippen LogP contribution is 2.26. The van der Waals surface area contributed by atoms with E-state index in [1.807, 2.05) is 0 Å². The summed E-state index contributed by atoms with van der Waals surface area (Å²) in [5.74, 6) is -0.571. The molecule has 25 heavy (non-hydrogen) atoms. The number of ether oxygens (including phenoxy) is 1. The molecule has 0 aliphatic heterocycles. The molecule has 0 spiro atoms. The molecule has 134 valence electrons. The van der Waals surface area contributed by atoms with E-state index in [-0.39, 0.29) is 17.0 Å². The van der Waals surface area contributed by atoms with E-state index in [1.54, 1.807) is 18.2 Å². The molecule has 0 unspecified atom stereocenters. The number of halogens is 2. The Morgan fingerprint density at radius 1 is 1.08 bits per heavy atom. The molecule has 0 aliphatic rings. The van der Waals surface area contributed by atoms with Gasteiger partial charge in [0.05, 0.1) is 27.1 Å². The van der Waals surface area contributed by atoms with Crippen molar-refractivity contribution in [3.63, 3.8) is 0 Å². The molecule has 0 bridgehead atoms. The average molecular weight is 404 g/mol. The standard InChI is InChI=1S/C16H15Cl2NO5S/c17-14-7-4-12(10-15(14)18)24-9-1-8-19-25(22,23)13-5-2-11(3-6-13)16(20)21/h2-7,10,19H,1,8-9H2,(H,20,21). The molecule has 0 saturated carbocycles. The lowest BCUT2D eigenvalue weighted by Crippen LogP contribution is -2.25. The predicted molar refractivity (Wildman–Crippen MR) is 95.2 cm³/mol. The minimum absolute atomic E-state index is 0.00269. The molecular formula is C16H15Cl2NO5S. The monoisotopic (exact) mass is 403 g/mol. The van der Waals surface area contributed by atoms with Crippen molar-refractivity contribution in [2.75, 3.05) is 13.2 Å². The molecule has 2 N–H and O–H groups in total. The van der Waals surface area contributed by atoms with Gasteiger partial charge < -0.3 is 9.84 Å². The molecule has 0 aromatic heterocycles. The van der Waals surface area contributed by atoms with Crippen LogP contribution in [0.5, 0.6) is 5.75 Å². The molecule has 9 heteroatoms. The van der Waals surface area contributed by atoms with Crippen LogP contribution in [0.1, 0.15) is 16.8 Å². The second-order valence-corrected chi connectivity index (χ2v) is 7.59.